The number of ether oxygens (including phenoxy) is 1. The quantitative estimate of drug-likeness (QED) is 0.675. The molecule has 2 heterocycles. The van der Waals surface area contributed by atoms with E-state index < -0.39 is 0 Å². The van der Waals surface area contributed by atoms with Crippen LogP contribution in [-0.2, 0) is 4.74 Å². The lowest BCUT2D eigenvalue weighted by molar-refractivity contribution is 0.00753. The number of hydrogen-bond acceptors (Lipinski definition) is 2. The molecule has 2 rings (SSSR count). The van der Waals surface area contributed by atoms with Gasteiger partial charge in [0.2, 0.25) is 0 Å². The molecule has 12 heavy (non-hydrogen) atoms. The highest BCUT2D eigenvalue weighted by Crippen LogP contribution is 2.37. The van der Waals surface area contributed by atoms with Crippen molar-refractivity contribution in [3.05, 3.63) is 0 Å². The van der Waals surface area contributed by atoms with Gasteiger partial charge in [-0.2, -0.15) is 0 Å². The number of rotatable bonds is 2. The molecule has 0 unspecified atom stereocenters. The van der Waals surface area contributed by atoms with Gasteiger partial charge in [-0.05, 0) is 43.7 Å². The molecule has 2 aliphatic rings. The van der Waals surface area contributed by atoms with Crippen LogP contribution in [0.5, 0.6) is 0 Å². The summed E-state index contributed by atoms with van der Waals surface area (Å²) in [6.45, 7) is 6.88. The van der Waals surface area contributed by atoms with Crippen LogP contribution in [0, 0.1) is 11.3 Å². The Bertz CT molecular complexity index is 148. The van der Waals surface area contributed by atoms with Crippen molar-refractivity contribution in [3.63, 3.8) is 0 Å². The molecule has 0 aliphatic carbocycles. The molecule has 2 fully saturated rings. The SMILES string of the molecule is CC1(CC2CNC2)CCOCC1. The Hall–Kier alpha value is -0.0800. The molecule has 0 aromatic rings. The zero-order valence-corrected chi connectivity index (χ0v) is 7.94. The van der Waals surface area contributed by atoms with E-state index in [-0.39, 0.29) is 0 Å². The van der Waals surface area contributed by atoms with Crippen molar-refractivity contribution in [1.82, 2.24) is 5.32 Å². The smallest absolute Gasteiger partial charge is 0.0471 e. The maximum absolute atomic E-state index is 5.38. The third-order valence-corrected chi connectivity index (χ3v) is 3.35. The molecule has 0 amide bonds. The predicted molar refractivity (Wildman–Crippen MR) is 49.1 cm³/mol. The molecule has 2 saturated heterocycles. The average molecular weight is 169 g/mol. The molecular weight excluding hydrogens is 150 g/mol. The third-order valence-electron chi connectivity index (χ3n) is 3.35. The van der Waals surface area contributed by atoms with Gasteiger partial charge in [0, 0.05) is 13.2 Å². The van der Waals surface area contributed by atoms with Crippen molar-refractivity contribution >= 4 is 0 Å². The summed E-state index contributed by atoms with van der Waals surface area (Å²) in [4.78, 5) is 0. The van der Waals surface area contributed by atoms with Gasteiger partial charge in [-0.15, -0.1) is 0 Å². The van der Waals surface area contributed by atoms with Gasteiger partial charge in [-0.25, -0.2) is 0 Å². The van der Waals surface area contributed by atoms with Gasteiger partial charge in [0.25, 0.3) is 0 Å². The molecule has 0 aromatic heterocycles. The van der Waals surface area contributed by atoms with Gasteiger partial charge in [0.15, 0.2) is 0 Å². The highest BCUT2D eigenvalue weighted by Gasteiger charge is 2.32. The van der Waals surface area contributed by atoms with Crippen LogP contribution in [0.3, 0.4) is 0 Å². The molecule has 0 saturated carbocycles. The minimum atomic E-state index is 0.588. The molecule has 2 aliphatic heterocycles. The summed E-state index contributed by atoms with van der Waals surface area (Å²) in [6, 6.07) is 0. The second kappa shape index (κ2) is 3.35. The van der Waals surface area contributed by atoms with Gasteiger partial charge < -0.3 is 10.1 Å². The Morgan fingerprint density at radius 2 is 2.00 bits per heavy atom. The summed E-state index contributed by atoms with van der Waals surface area (Å²) in [6.07, 6.45) is 3.94. The molecule has 0 radical (unpaired) electrons. The summed E-state index contributed by atoms with van der Waals surface area (Å²) in [5, 5.41) is 3.34. The van der Waals surface area contributed by atoms with Crippen LogP contribution in [0.15, 0.2) is 0 Å². The zero-order chi connectivity index (χ0) is 8.44. The van der Waals surface area contributed by atoms with Gasteiger partial charge in [0.1, 0.15) is 0 Å². The first-order chi connectivity index (χ1) is 5.79. The summed E-state index contributed by atoms with van der Waals surface area (Å²) in [5.74, 6) is 0.952. The number of nitrogens with one attached hydrogen (secondary N) is 1. The van der Waals surface area contributed by atoms with E-state index in [0.717, 1.165) is 19.1 Å². The Morgan fingerprint density at radius 3 is 2.50 bits per heavy atom. The molecule has 0 spiro atoms. The Morgan fingerprint density at radius 1 is 1.33 bits per heavy atom. The molecule has 1 N–H and O–H groups in total. The van der Waals surface area contributed by atoms with Crippen LogP contribution >= 0.6 is 0 Å². The first-order valence-electron chi connectivity index (χ1n) is 5.07. The summed E-state index contributed by atoms with van der Waals surface area (Å²) < 4.78 is 5.38. The molecular formula is C10H19NO. The van der Waals surface area contributed by atoms with Crippen LogP contribution in [0.25, 0.3) is 0 Å². The highest BCUT2D eigenvalue weighted by molar-refractivity contribution is 4.85. The average Bonchev–Trinajstić information content (AvgIpc) is 1.99. The topological polar surface area (TPSA) is 21.3 Å². The van der Waals surface area contributed by atoms with Crippen molar-refractivity contribution in [3.8, 4) is 0 Å². The van der Waals surface area contributed by atoms with Crippen LogP contribution in [0.4, 0.5) is 0 Å². The van der Waals surface area contributed by atoms with Gasteiger partial charge in [0.05, 0.1) is 0 Å². The second-order valence-electron chi connectivity index (χ2n) is 4.65. The molecule has 0 bridgehead atoms. The summed E-state index contributed by atoms with van der Waals surface area (Å²) in [7, 11) is 0. The zero-order valence-electron chi connectivity index (χ0n) is 7.94. The molecule has 0 atom stereocenters. The molecule has 2 nitrogen and oxygen atoms in total. The van der Waals surface area contributed by atoms with Crippen LogP contribution in [0.1, 0.15) is 26.2 Å². The monoisotopic (exact) mass is 169 g/mol. The first kappa shape index (κ1) is 8.52. The van der Waals surface area contributed by atoms with Crippen molar-refractivity contribution < 1.29 is 4.74 Å². The number of hydrogen-bond donors (Lipinski definition) is 1. The maximum atomic E-state index is 5.38. The molecule has 2 heteroatoms. The highest BCUT2D eigenvalue weighted by atomic mass is 16.5. The fourth-order valence-electron chi connectivity index (χ4n) is 2.26. The lowest BCUT2D eigenvalue weighted by Crippen LogP contribution is -2.45. The lowest BCUT2D eigenvalue weighted by Gasteiger charge is -2.39. The van der Waals surface area contributed by atoms with E-state index in [1.165, 1.54) is 32.4 Å². The van der Waals surface area contributed by atoms with E-state index >= 15 is 0 Å². The van der Waals surface area contributed by atoms with E-state index in [1.54, 1.807) is 0 Å². The lowest BCUT2D eigenvalue weighted by atomic mass is 9.74. The van der Waals surface area contributed by atoms with Crippen LogP contribution < -0.4 is 5.32 Å². The van der Waals surface area contributed by atoms with E-state index in [4.69, 9.17) is 4.74 Å². The van der Waals surface area contributed by atoms with Crippen molar-refractivity contribution in [1.29, 1.82) is 0 Å². The summed E-state index contributed by atoms with van der Waals surface area (Å²) in [5.41, 5.74) is 0.588. The summed E-state index contributed by atoms with van der Waals surface area (Å²) >= 11 is 0. The molecule has 0 aromatic carbocycles. The Balaban J connectivity index is 1.81. The van der Waals surface area contributed by atoms with E-state index in [1.807, 2.05) is 0 Å². The normalized spacial score (nSPS) is 29.8. The fourth-order valence-corrected chi connectivity index (χ4v) is 2.26. The van der Waals surface area contributed by atoms with E-state index in [0.29, 0.717) is 5.41 Å². The van der Waals surface area contributed by atoms with E-state index in [9.17, 15) is 0 Å². The Labute approximate surface area is 74.7 Å². The minimum Gasteiger partial charge on any atom is -0.381 e. The van der Waals surface area contributed by atoms with Gasteiger partial charge in [-0.1, -0.05) is 6.92 Å². The Kier molecular flexibility index (Phi) is 2.37. The minimum absolute atomic E-state index is 0.588. The first-order valence-corrected chi connectivity index (χ1v) is 5.07. The van der Waals surface area contributed by atoms with E-state index in [2.05, 4.69) is 12.2 Å². The second-order valence-corrected chi connectivity index (χ2v) is 4.65. The maximum Gasteiger partial charge on any atom is 0.0471 e. The van der Waals surface area contributed by atoms with Crippen molar-refractivity contribution in [2.24, 2.45) is 11.3 Å². The standard InChI is InChI=1S/C10H19NO/c1-10(2-4-12-5-3-10)6-9-7-11-8-9/h9,11H,2-8H2,1H3. The fraction of sp³-hybridized carbons (Fsp3) is 1.00. The predicted octanol–water partition coefficient (Wildman–Crippen LogP) is 1.41. The largest absolute Gasteiger partial charge is 0.381 e. The van der Waals surface area contributed by atoms with Gasteiger partial charge in [-0.3, -0.25) is 0 Å². The third kappa shape index (κ3) is 1.80. The van der Waals surface area contributed by atoms with Crippen LogP contribution in [-0.4, -0.2) is 26.3 Å². The van der Waals surface area contributed by atoms with Gasteiger partial charge >= 0.3 is 0 Å². The van der Waals surface area contributed by atoms with Crippen molar-refractivity contribution in [2.75, 3.05) is 26.3 Å². The van der Waals surface area contributed by atoms with Crippen LogP contribution in [0.2, 0.25) is 0 Å². The molecule has 70 valence electrons. The van der Waals surface area contributed by atoms with Crippen molar-refractivity contribution in [2.45, 2.75) is 26.2 Å².